The maximum absolute atomic E-state index is 14.6. The van der Waals surface area contributed by atoms with E-state index in [-0.39, 0.29) is 35.5 Å². The molecular formula is C21H23F3N8O4. The highest BCUT2D eigenvalue weighted by Gasteiger charge is 2.41. The largest absolute Gasteiger partial charge is 0.338 e. The van der Waals surface area contributed by atoms with Crippen LogP contribution in [0.3, 0.4) is 0 Å². The van der Waals surface area contributed by atoms with Gasteiger partial charge >= 0.3 is 0 Å². The minimum atomic E-state index is -2.86. The second-order valence-electron chi connectivity index (χ2n) is 8.66. The smallest absolute Gasteiger partial charge is 0.276 e. The van der Waals surface area contributed by atoms with Crippen LogP contribution in [-0.4, -0.2) is 54.1 Å². The third kappa shape index (κ3) is 5.28. The molecule has 3 aromatic heterocycles. The van der Waals surface area contributed by atoms with E-state index in [1.807, 2.05) is 0 Å². The number of rotatable bonds is 7. The molecular weight excluding hydrogens is 485 g/mol. The Morgan fingerprint density at radius 1 is 1.28 bits per heavy atom. The fourth-order valence-corrected chi connectivity index (χ4v) is 4.13. The van der Waals surface area contributed by atoms with Gasteiger partial charge in [-0.05, 0) is 43.8 Å². The Morgan fingerprint density at radius 2 is 2.00 bits per heavy atom. The van der Waals surface area contributed by atoms with Gasteiger partial charge < -0.3 is 10.6 Å². The number of amides is 2. The molecule has 0 unspecified atom stereocenters. The monoisotopic (exact) mass is 508 g/mol. The molecule has 15 heteroatoms. The van der Waals surface area contributed by atoms with Crippen molar-refractivity contribution in [1.29, 1.82) is 0 Å². The molecule has 1 saturated carbocycles. The summed E-state index contributed by atoms with van der Waals surface area (Å²) in [6.07, 6.45) is 1.58. The number of anilines is 1. The predicted molar refractivity (Wildman–Crippen MR) is 117 cm³/mol. The van der Waals surface area contributed by atoms with Crippen molar-refractivity contribution >= 4 is 17.5 Å². The molecule has 1 aliphatic carbocycles. The summed E-state index contributed by atoms with van der Waals surface area (Å²) in [6.45, 7) is 3.07. The van der Waals surface area contributed by atoms with E-state index in [2.05, 4.69) is 40.9 Å². The molecule has 0 aliphatic heterocycles. The Labute approximate surface area is 201 Å². The highest BCUT2D eigenvalue weighted by molar-refractivity contribution is 6.00. The van der Waals surface area contributed by atoms with E-state index >= 15 is 0 Å². The standard InChI is InChI=1S/C21H23F3N8O4/c1-10-15(31-36-30-10)19(34)27-16(12-3-6-21(23,24)7-4-12)20(35)26-14-9-32(29-17(14)22)11(2)13-5-8-25-28-18(13)33/h5,8-9,11-12,16H,3-4,6-7H2,1-2H3,(H,26,35)(H,27,34)(H,28,33)/t11-,16-/m0/s1. The summed E-state index contributed by atoms with van der Waals surface area (Å²) >= 11 is 0. The minimum Gasteiger partial charge on any atom is -0.338 e. The first-order valence-corrected chi connectivity index (χ1v) is 11.1. The molecule has 0 saturated heterocycles. The van der Waals surface area contributed by atoms with Crippen molar-refractivity contribution in [2.24, 2.45) is 5.92 Å². The second kappa shape index (κ2) is 9.91. The van der Waals surface area contributed by atoms with Crippen LogP contribution in [0.2, 0.25) is 0 Å². The Balaban J connectivity index is 1.55. The van der Waals surface area contributed by atoms with Crippen molar-refractivity contribution in [3.63, 3.8) is 0 Å². The van der Waals surface area contributed by atoms with E-state index in [0.29, 0.717) is 0 Å². The lowest BCUT2D eigenvalue weighted by molar-refractivity contribution is -0.121. The summed E-state index contributed by atoms with van der Waals surface area (Å²) in [6, 6.07) is -0.518. The highest BCUT2D eigenvalue weighted by atomic mass is 19.3. The van der Waals surface area contributed by atoms with Crippen LogP contribution in [0.4, 0.5) is 18.9 Å². The van der Waals surface area contributed by atoms with Crippen LogP contribution in [0.15, 0.2) is 27.9 Å². The number of hydrogen-bond acceptors (Lipinski definition) is 8. The van der Waals surface area contributed by atoms with E-state index in [4.69, 9.17) is 0 Å². The lowest BCUT2D eigenvalue weighted by atomic mass is 9.81. The van der Waals surface area contributed by atoms with Crippen LogP contribution in [0.5, 0.6) is 0 Å². The van der Waals surface area contributed by atoms with E-state index < -0.39 is 60.1 Å². The zero-order valence-electron chi connectivity index (χ0n) is 19.3. The summed E-state index contributed by atoms with van der Waals surface area (Å²) in [7, 11) is 0. The number of nitrogens with zero attached hydrogens (tertiary/aromatic N) is 5. The van der Waals surface area contributed by atoms with Gasteiger partial charge in [-0.3, -0.25) is 19.1 Å². The topological polar surface area (TPSA) is 161 Å². The zero-order chi connectivity index (χ0) is 26.0. The molecule has 36 heavy (non-hydrogen) atoms. The first kappa shape index (κ1) is 25.1. The molecule has 0 radical (unpaired) electrons. The quantitative estimate of drug-likeness (QED) is 0.437. The summed E-state index contributed by atoms with van der Waals surface area (Å²) in [5.74, 6) is -6.13. The number of carbonyl (C=O) groups is 2. The number of aromatic nitrogens is 6. The molecule has 3 aromatic rings. The number of hydrogen-bond donors (Lipinski definition) is 3. The molecule has 3 N–H and O–H groups in total. The average molecular weight is 508 g/mol. The molecule has 2 atom stereocenters. The summed E-state index contributed by atoms with van der Waals surface area (Å²) < 4.78 is 47.7. The Hall–Kier alpha value is -4.04. The normalized spacial score (nSPS) is 17.4. The lowest BCUT2D eigenvalue weighted by Gasteiger charge is -2.33. The van der Waals surface area contributed by atoms with Crippen molar-refractivity contribution < 1.29 is 27.4 Å². The molecule has 0 spiro atoms. The van der Waals surface area contributed by atoms with Crippen LogP contribution in [-0.2, 0) is 4.79 Å². The lowest BCUT2D eigenvalue weighted by Crippen LogP contribution is -2.50. The fourth-order valence-electron chi connectivity index (χ4n) is 4.13. The molecule has 192 valence electrons. The fraction of sp³-hybridized carbons (Fsp3) is 0.476. The molecule has 0 bridgehead atoms. The Bertz CT molecular complexity index is 1310. The number of aromatic amines is 1. The molecule has 1 fully saturated rings. The van der Waals surface area contributed by atoms with Crippen molar-refractivity contribution in [2.45, 2.75) is 57.5 Å². The second-order valence-corrected chi connectivity index (χ2v) is 8.66. The van der Waals surface area contributed by atoms with Crippen molar-refractivity contribution in [2.75, 3.05) is 5.32 Å². The number of halogens is 3. The number of aryl methyl sites for hydroxylation is 1. The van der Waals surface area contributed by atoms with Crippen LogP contribution < -0.4 is 16.2 Å². The average Bonchev–Trinajstić information content (AvgIpc) is 3.43. The van der Waals surface area contributed by atoms with Crippen molar-refractivity contribution in [1.82, 2.24) is 35.6 Å². The Kier molecular flexibility index (Phi) is 6.90. The van der Waals surface area contributed by atoms with Crippen molar-refractivity contribution in [3.8, 4) is 0 Å². The zero-order valence-corrected chi connectivity index (χ0v) is 19.3. The van der Waals surface area contributed by atoms with Gasteiger partial charge in [-0.1, -0.05) is 5.16 Å². The third-order valence-electron chi connectivity index (χ3n) is 6.22. The van der Waals surface area contributed by atoms with Crippen LogP contribution in [0.25, 0.3) is 0 Å². The summed E-state index contributed by atoms with van der Waals surface area (Å²) in [5, 5.41) is 21.5. The van der Waals surface area contributed by atoms with Gasteiger partial charge in [-0.25, -0.2) is 18.5 Å². The van der Waals surface area contributed by atoms with Crippen molar-refractivity contribution in [3.05, 3.63) is 51.7 Å². The molecule has 3 heterocycles. The highest BCUT2D eigenvalue weighted by Crippen LogP contribution is 2.38. The minimum absolute atomic E-state index is 0.0367. The van der Waals surface area contributed by atoms with Crippen LogP contribution >= 0.6 is 0 Å². The van der Waals surface area contributed by atoms with Crippen LogP contribution in [0, 0.1) is 18.8 Å². The number of H-pyrrole nitrogens is 1. The van der Waals surface area contributed by atoms with Gasteiger partial charge in [0, 0.05) is 24.6 Å². The van der Waals surface area contributed by atoms with Gasteiger partial charge in [0.15, 0.2) is 5.69 Å². The van der Waals surface area contributed by atoms with E-state index in [1.54, 1.807) is 6.92 Å². The maximum atomic E-state index is 14.6. The first-order valence-electron chi connectivity index (χ1n) is 11.1. The Morgan fingerprint density at radius 3 is 2.64 bits per heavy atom. The number of alkyl halides is 2. The molecule has 0 aromatic carbocycles. The van der Waals surface area contributed by atoms with Crippen LogP contribution in [0.1, 0.15) is 60.4 Å². The van der Waals surface area contributed by atoms with Gasteiger partial charge in [-0.15, -0.1) is 5.10 Å². The molecule has 1 aliphatic rings. The van der Waals surface area contributed by atoms with E-state index in [1.165, 1.54) is 25.4 Å². The van der Waals surface area contributed by atoms with E-state index in [0.717, 1.165) is 4.68 Å². The molecule has 4 rings (SSSR count). The summed E-state index contributed by atoms with van der Waals surface area (Å²) in [5.41, 5.74) is -0.521. The van der Waals surface area contributed by atoms with Gasteiger partial charge in [-0.2, -0.15) is 9.49 Å². The third-order valence-corrected chi connectivity index (χ3v) is 6.22. The predicted octanol–water partition coefficient (Wildman–Crippen LogP) is 1.97. The molecule has 2 amide bonds. The SMILES string of the molecule is Cc1nonc1C(=O)N[C@H](C(=O)Nc1cn([C@@H](C)c2ccn[nH]c2=O)nc1F)C1CCC(F)(F)CC1. The van der Waals surface area contributed by atoms with Gasteiger partial charge in [0.1, 0.15) is 17.4 Å². The first-order chi connectivity index (χ1) is 17.1. The van der Waals surface area contributed by atoms with Gasteiger partial charge in [0.2, 0.25) is 11.8 Å². The maximum Gasteiger partial charge on any atom is 0.276 e. The number of nitrogens with one attached hydrogen (secondary N) is 3. The molecule has 12 nitrogen and oxygen atoms in total. The number of carbonyl (C=O) groups excluding carboxylic acids is 2. The van der Waals surface area contributed by atoms with Gasteiger partial charge in [0.05, 0.1) is 12.2 Å². The van der Waals surface area contributed by atoms with Gasteiger partial charge in [0.25, 0.3) is 17.4 Å². The van der Waals surface area contributed by atoms with E-state index in [9.17, 15) is 27.6 Å². The summed E-state index contributed by atoms with van der Waals surface area (Å²) in [4.78, 5) is 37.9.